The topological polar surface area (TPSA) is 64.4 Å². The number of carbonyl (C=O) groups is 1. The second kappa shape index (κ2) is 6.57. The van der Waals surface area contributed by atoms with Crippen LogP contribution in [0.1, 0.15) is 25.3 Å². The predicted octanol–water partition coefficient (Wildman–Crippen LogP) is 1.48. The second-order valence-corrected chi connectivity index (χ2v) is 5.13. The highest BCUT2D eigenvalue weighted by Gasteiger charge is 2.23. The molecule has 1 aromatic carbocycles. The molecule has 0 radical (unpaired) electrons. The number of fused-ring (bicyclic) bond motifs is 1. The van der Waals surface area contributed by atoms with Gasteiger partial charge in [0.05, 0.1) is 6.54 Å². The van der Waals surface area contributed by atoms with Crippen molar-refractivity contribution >= 4 is 5.91 Å². The molecule has 0 bridgehead atoms. The molecule has 1 aliphatic heterocycles. The van der Waals surface area contributed by atoms with Crippen LogP contribution in [0, 0.1) is 5.92 Å². The average Bonchev–Trinajstić information content (AvgIpc) is 2.84. The smallest absolute Gasteiger partial charge is 0.222 e. The quantitative estimate of drug-likeness (QED) is 0.816. The Morgan fingerprint density at radius 1 is 1.53 bits per heavy atom. The molecule has 2 unspecified atom stereocenters. The van der Waals surface area contributed by atoms with E-state index < -0.39 is 0 Å². The van der Waals surface area contributed by atoms with Gasteiger partial charge in [0.25, 0.3) is 0 Å². The van der Waals surface area contributed by atoms with Crippen LogP contribution in [-0.4, -0.2) is 25.1 Å². The van der Waals surface area contributed by atoms with E-state index in [1.807, 2.05) is 25.1 Å². The molecule has 1 amide bonds. The summed E-state index contributed by atoms with van der Waals surface area (Å²) in [6.45, 7) is 3.15. The summed E-state index contributed by atoms with van der Waals surface area (Å²) in [6, 6.07) is 8.02. The first kappa shape index (κ1) is 13.9. The zero-order chi connectivity index (χ0) is 13.7. The lowest BCUT2D eigenvalue weighted by Gasteiger charge is -2.15. The predicted molar refractivity (Wildman–Crippen MR) is 75.0 cm³/mol. The summed E-state index contributed by atoms with van der Waals surface area (Å²) in [6.07, 6.45) is 2.66. The average molecular weight is 262 g/mol. The Morgan fingerprint density at radius 3 is 3.05 bits per heavy atom. The highest BCUT2D eigenvalue weighted by atomic mass is 16.5. The fourth-order valence-electron chi connectivity index (χ4n) is 2.31. The standard InChI is InChI=1S/C15H22N2O2/c1-11(5-4-8-16)15(18)17-10-13-9-12-6-2-3-7-14(12)19-13/h2-3,6-7,11,13H,4-5,8-10,16H2,1H3,(H,17,18). The van der Waals surface area contributed by atoms with Crippen molar-refractivity contribution in [2.45, 2.75) is 32.3 Å². The summed E-state index contributed by atoms with van der Waals surface area (Å²) in [5.41, 5.74) is 6.67. The molecule has 2 rings (SSSR count). The maximum Gasteiger partial charge on any atom is 0.222 e. The maximum atomic E-state index is 11.9. The molecule has 2 atom stereocenters. The number of nitrogens with two attached hydrogens (primary N) is 1. The Kier molecular flexibility index (Phi) is 4.80. The first-order valence-electron chi connectivity index (χ1n) is 6.93. The van der Waals surface area contributed by atoms with Crippen molar-refractivity contribution in [1.82, 2.24) is 5.32 Å². The summed E-state index contributed by atoms with van der Waals surface area (Å²) in [5, 5.41) is 2.96. The van der Waals surface area contributed by atoms with Gasteiger partial charge in [0.2, 0.25) is 5.91 Å². The Bertz CT molecular complexity index is 409. The van der Waals surface area contributed by atoms with E-state index in [2.05, 4.69) is 11.4 Å². The molecule has 0 saturated carbocycles. The van der Waals surface area contributed by atoms with E-state index in [4.69, 9.17) is 10.5 Å². The summed E-state index contributed by atoms with van der Waals surface area (Å²) in [5.74, 6) is 1.05. The largest absolute Gasteiger partial charge is 0.488 e. The molecular weight excluding hydrogens is 240 g/mol. The fraction of sp³-hybridized carbons (Fsp3) is 0.533. The number of hydrogen-bond donors (Lipinski definition) is 2. The van der Waals surface area contributed by atoms with Crippen LogP contribution < -0.4 is 15.8 Å². The lowest BCUT2D eigenvalue weighted by Crippen LogP contribution is -2.37. The summed E-state index contributed by atoms with van der Waals surface area (Å²) >= 11 is 0. The van der Waals surface area contributed by atoms with Gasteiger partial charge in [-0.25, -0.2) is 0 Å². The number of ether oxygens (including phenoxy) is 1. The molecule has 1 heterocycles. The van der Waals surface area contributed by atoms with Crippen LogP contribution >= 0.6 is 0 Å². The van der Waals surface area contributed by atoms with Crippen molar-refractivity contribution in [2.24, 2.45) is 11.7 Å². The number of amides is 1. The zero-order valence-corrected chi connectivity index (χ0v) is 11.4. The van der Waals surface area contributed by atoms with Gasteiger partial charge in [0, 0.05) is 12.3 Å². The number of hydrogen-bond acceptors (Lipinski definition) is 3. The number of nitrogens with one attached hydrogen (secondary N) is 1. The lowest BCUT2D eigenvalue weighted by atomic mass is 10.0. The van der Waals surface area contributed by atoms with E-state index in [0.29, 0.717) is 13.1 Å². The molecule has 1 aliphatic rings. The molecular formula is C15H22N2O2. The van der Waals surface area contributed by atoms with Gasteiger partial charge in [0.1, 0.15) is 11.9 Å². The van der Waals surface area contributed by atoms with Crippen molar-refractivity contribution in [1.29, 1.82) is 0 Å². The summed E-state index contributed by atoms with van der Waals surface area (Å²) in [7, 11) is 0. The van der Waals surface area contributed by atoms with E-state index in [-0.39, 0.29) is 17.9 Å². The number of para-hydroxylation sites is 1. The maximum absolute atomic E-state index is 11.9. The van der Waals surface area contributed by atoms with E-state index in [9.17, 15) is 4.79 Å². The van der Waals surface area contributed by atoms with Gasteiger partial charge in [0.15, 0.2) is 0 Å². The normalized spacial score (nSPS) is 18.5. The second-order valence-electron chi connectivity index (χ2n) is 5.13. The summed E-state index contributed by atoms with van der Waals surface area (Å²) in [4.78, 5) is 11.9. The minimum Gasteiger partial charge on any atom is -0.488 e. The molecule has 0 spiro atoms. The van der Waals surface area contributed by atoms with Gasteiger partial charge in [-0.3, -0.25) is 4.79 Å². The molecule has 19 heavy (non-hydrogen) atoms. The van der Waals surface area contributed by atoms with Crippen LogP contribution in [0.15, 0.2) is 24.3 Å². The van der Waals surface area contributed by atoms with Gasteiger partial charge < -0.3 is 15.8 Å². The van der Waals surface area contributed by atoms with Gasteiger partial charge >= 0.3 is 0 Å². The van der Waals surface area contributed by atoms with E-state index in [1.54, 1.807) is 0 Å². The highest BCUT2D eigenvalue weighted by molar-refractivity contribution is 5.78. The monoisotopic (exact) mass is 262 g/mol. The molecule has 4 heteroatoms. The SMILES string of the molecule is CC(CCCN)C(=O)NCC1Cc2ccccc2O1. The molecule has 0 aromatic heterocycles. The zero-order valence-electron chi connectivity index (χ0n) is 11.4. The fourth-order valence-corrected chi connectivity index (χ4v) is 2.31. The number of carbonyl (C=O) groups excluding carboxylic acids is 1. The molecule has 104 valence electrons. The van der Waals surface area contributed by atoms with Gasteiger partial charge in [-0.15, -0.1) is 0 Å². The van der Waals surface area contributed by atoms with Gasteiger partial charge in [-0.1, -0.05) is 25.1 Å². The van der Waals surface area contributed by atoms with Crippen LogP contribution in [0.4, 0.5) is 0 Å². The van der Waals surface area contributed by atoms with Gasteiger partial charge in [-0.05, 0) is 31.0 Å². The Hall–Kier alpha value is -1.55. The number of rotatable bonds is 6. The van der Waals surface area contributed by atoms with Crippen molar-refractivity contribution in [3.05, 3.63) is 29.8 Å². The Balaban J connectivity index is 1.74. The molecule has 0 fully saturated rings. The molecule has 0 aliphatic carbocycles. The first-order valence-corrected chi connectivity index (χ1v) is 6.93. The lowest BCUT2D eigenvalue weighted by molar-refractivity contribution is -0.125. The Labute approximate surface area is 114 Å². The summed E-state index contributed by atoms with van der Waals surface area (Å²) < 4.78 is 5.78. The first-order chi connectivity index (χ1) is 9.20. The van der Waals surface area contributed by atoms with Crippen LogP contribution in [0.2, 0.25) is 0 Å². The highest BCUT2D eigenvalue weighted by Crippen LogP contribution is 2.27. The minimum atomic E-state index is 0.0207. The molecule has 3 N–H and O–H groups in total. The van der Waals surface area contributed by atoms with Gasteiger partial charge in [-0.2, -0.15) is 0 Å². The van der Waals surface area contributed by atoms with Crippen molar-refractivity contribution in [2.75, 3.05) is 13.1 Å². The van der Waals surface area contributed by atoms with E-state index >= 15 is 0 Å². The van der Waals surface area contributed by atoms with E-state index in [0.717, 1.165) is 25.0 Å². The molecule has 1 aromatic rings. The third-order valence-electron chi connectivity index (χ3n) is 3.51. The van der Waals surface area contributed by atoms with Crippen LogP contribution in [0.5, 0.6) is 5.75 Å². The molecule has 4 nitrogen and oxygen atoms in total. The van der Waals surface area contributed by atoms with Crippen LogP contribution in [0.25, 0.3) is 0 Å². The third-order valence-corrected chi connectivity index (χ3v) is 3.51. The molecule has 0 saturated heterocycles. The van der Waals surface area contributed by atoms with Crippen molar-refractivity contribution < 1.29 is 9.53 Å². The van der Waals surface area contributed by atoms with Crippen molar-refractivity contribution in [3.63, 3.8) is 0 Å². The van der Waals surface area contributed by atoms with Crippen LogP contribution in [0.3, 0.4) is 0 Å². The van der Waals surface area contributed by atoms with E-state index in [1.165, 1.54) is 5.56 Å². The number of benzene rings is 1. The minimum absolute atomic E-state index is 0.0207. The third kappa shape index (κ3) is 3.70. The van der Waals surface area contributed by atoms with Crippen LogP contribution in [-0.2, 0) is 11.2 Å². The Morgan fingerprint density at radius 2 is 2.32 bits per heavy atom. The van der Waals surface area contributed by atoms with Crippen molar-refractivity contribution in [3.8, 4) is 5.75 Å².